The zero-order chi connectivity index (χ0) is 21.0. The smallest absolute Gasteiger partial charge is 0.387 e. The van der Waals surface area contributed by atoms with Gasteiger partial charge in [-0.2, -0.15) is 13.9 Å². The van der Waals surface area contributed by atoms with E-state index >= 15 is 0 Å². The Bertz CT molecular complexity index is 1010. The van der Waals surface area contributed by atoms with Gasteiger partial charge in [0.25, 0.3) is 0 Å². The summed E-state index contributed by atoms with van der Waals surface area (Å²) in [4.78, 5) is 0. The molecule has 0 bridgehead atoms. The van der Waals surface area contributed by atoms with Gasteiger partial charge in [0.05, 0.1) is 12.2 Å². The second kappa shape index (κ2) is 9.15. The molecule has 0 aliphatic rings. The largest absolute Gasteiger partial charge is 0.433 e. The van der Waals surface area contributed by atoms with E-state index in [0.717, 1.165) is 11.1 Å². The Hall–Kier alpha value is -2.78. The first kappa shape index (κ1) is 20.9. The van der Waals surface area contributed by atoms with Crippen molar-refractivity contribution in [2.75, 3.05) is 10.6 Å². The number of aryl methyl sites for hydroxylation is 1. The first-order chi connectivity index (χ1) is 13.8. The second-order valence-electron chi connectivity index (χ2n) is 6.11. The minimum atomic E-state index is -2.96. The molecule has 0 fully saturated rings. The summed E-state index contributed by atoms with van der Waals surface area (Å²) in [6.07, 6.45) is 1.59. The van der Waals surface area contributed by atoms with Crippen LogP contribution in [0.1, 0.15) is 11.1 Å². The highest BCUT2D eigenvalue weighted by molar-refractivity contribution is 7.80. The first-order valence-corrected chi connectivity index (χ1v) is 9.19. The molecule has 3 aromatic rings. The Morgan fingerprint density at radius 3 is 2.62 bits per heavy atom. The molecular formula is C19H16ClF3N4OS. The topological polar surface area (TPSA) is 51.1 Å². The molecule has 0 radical (unpaired) electrons. The van der Waals surface area contributed by atoms with Crippen molar-refractivity contribution in [2.45, 2.75) is 20.1 Å². The number of nitrogens with one attached hydrogen (secondary N) is 2. The minimum Gasteiger partial charge on any atom is -0.433 e. The summed E-state index contributed by atoms with van der Waals surface area (Å²) in [5.41, 5.74) is 1.95. The van der Waals surface area contributed by atoms with Gasteiger partial charge in [-0.25, -0.2) is 4.39 Å². The lowest BCUT2D eigenvalue weighted by atomic mass is 10.2. The predicted molar refractivity (Wildman–Crippen MR) is 110 cm³/mol. The van der Waals surface area contributed by atoms with Crippen molar-refractivity contribution < 1.29 is 17.9 Å². The summed E-state index contributed by atoms with van der Waals surface area (Å²) < 4.78 is 44.3. The maximum Gasteiger partial charge on any atom is 0.387 e. The maximum absolute atomic E-state index is 13.0. The fourth-order valence-electron chi connectivity index (χ4n) is 2.54. The van der Waals surface area contributed by atoms with Gasteiger partial charge in [0, 0.05) is 6.20 Å². The Morgan fingerprint density at radius 1 is 1.21 bits per heavy atom. The van der Waals surface area contributed by atoms with Crippen molar-refractivity contribution in [1.82, 2.24) is 9.78 Å². The summed E-state index contributed by atoms with van der Waals surface area (Å²) in [6, 6.07) is 10.7. The van der Waals surface area contributed by atoms with Crippen molar-refractivity contribution in [3.63, 3.8) is 0 Å². The lowest BCUT2D eigenvalue weighted by Crippen LogP contribution is -2.20. The normalized spacial score (nSPS) is 10.8. The Morgan fingerprint density at radius 2 is 1.93 bits per heavy atom. The highest BCUT2D eigenvalue weighted by Crippen LogP contribution is 2.28. The number of aromatic nitrogens is 2. The Kier molecular flexibility index (Phi) is 6.60. The average molecular weight is 441 g/mol. The molecule has 10 heteroatoms. The third kappa shape index (κ3) is 5.85. The van der Waals surface area contributed by atoms with Crippen LogP contribution < -0.4 is 15.4 Å². The molecule has 1 heterocycles. The standard InChI is InChI=1S/C19H16ClF3N4OS/c1-11-2-7-16(28-18(22)23)15(8-11)24-19(29)25-17-14(20)10-27(26-17)9-12-3-5-13(21)6-4-12/h2-8,10,18H,9H2,1H3,(H2,24,25,26,29). The van der Waals surface area contributed by atoms with Gasteiger partial charge in [-0.1, -0.05) is 29.8 Å². The number of ether oxygens (including phenoxy) is 1. The van der Waals surface area contributed by atoms with Crippen LogP contribution in [0, 0.1) is 12.7 Å². The molecule has 3 rings (SSSR count). The zero-order valence-electron chi connectivity index (χ0n) is 15.1. The summed E-state index contributed by atoms with van der Waals surface area (Å²) in [5.74, 6) is -0.0738. The SMILES string of the molecule is Cc1ccc(OC(F)F)c(NC(=S)Nc2nn(Cc3ccc(F)cc3)cc2Cl)c1. The van der Waals surface area contributed by atoms with E-state index in [-0.39, 0.29) is 28.2 Å². The van der Waals surface area contributed by atoms with Gasteiger partial charge < -0.3 is 15.4 Å². The van der Waals surface area contributed by atoms with Crippen LogP contribution in [0.4, 0.5) is 24.7 Å². The molecule has 5 nitrogen and oxygen atoms in total. The maximum atomic E-state index is 13.0. The van der Waals surface area contributed by atoms with Gasteiger partial charge in [-0.15, -0.1) is 0 Å². The van der Waals surface area contributed by atoms with Crippen molar-refractivity contribution in [1.29, 1.82) is 0 Å². The number of hydrogen-bond donors (Lipinski definition) is 2. The fraction of sp³-hybridized carbons (Fsp3) is 0.158. The number of hydrogen-bond acceptors (Lipinski definition) is 3. The van der Waals surface area contributed by atoms with Crippen LogP contribution in [0.15, 0.2) is 48.7 Å². The van der Waals surface area contributed by atoms with E-state index < -0.39 is 6.61 Å². The molecule has 2 N–H and O–H groups in total. The lowest BCUT2D eigenvalue weighted by molar-refractivity contribution is -0.0493. The lowest BCUT2D eigenvalue weighted by Gasteiger charge is -2.14. The van der Waals surface area contributed by atoms with Crippen molar-refractivity contribution >= 4 is 40.4 Å². The van der Waals surface area contributed by atoms with Gasteiger partial charge in [-0.3, -0.25) is 4.68 Å². The van der Waals surface area contributed by atoms with Crippen LogP contribution >= 0.6 is 23.8 Å². The van der Waals surface area contributed by atoms with E-state index in [9.17, 15) is 13.2 Å². The van der Waals surface area contributed by atoms with E-state index in [4.69, 9.17) is 23.8 Å². The molecule has 0 amide bonds. The first-order valence-electron chi connectivity index (χ1n) is 8.41. The predicted octanol–water partition coefficient (Wildman–Crippen LogP) is 5.44. The van der Waals surface area contributed by atoms with E-state index in [0.29, 0.717) is 11.6 Å². The van der Waals surface area contributed by atoms with Crippen molar-refractivity contribution in [3.8, 4) is 5.75 Å². The number of alkyl halides is 2. The molecule has 0 atom stereocenters. The van der Waals surface area contributed by atoms with Gasteiger partial charge in [-0.05, 0) is 54.5 Å². The van der Waals surface area contributed by atoms with E-state index in [2.05, 4.69) is 20.5 Å². The van der Waals surface area contributed by atoms with Gasteiger partial charge >= 0.3 is 6.61 Å². The molecule has 0 aliphatic heterocycles. The van der Waals surface area contributed by atoms with E-state index in [1.807, 2.05) is 6.92 Å². The van der Waals surface area contributed by atoms with Gasteiger partial charge in [0.2, 0.25) is 0 Å². The van der Waals surface area contributed by atoms with E-state index in [1.165, 1.54) is 18.2 Å². The summed E-state index contributed by atoms with van der Waals surface area (Å²) in [5, 5.41) is 10.3. The number of thiocarbonyl (C=S) groups is 1. The van der Waals surface area contributed by atoms with Gasteiger partial charge in [0.15, 0.2) is 10.9 Å². The molecule has 1 aromatic heterocycles. The summed E-state index contributed by atoms with van der Waals surface area (Å²) >= 11 is 11.4. The second-order valence-corrected chi connectivity index (χ2v) is 6.92. The molecule has 0 saturated heterocycles. The highest BCUT2D eigenvalue weighted by atomic mass is 35.5. The summed E-state index contributed by atoms with van der Waals surface area (Å²) in [6.45, 7) is -0.773. The molecule has 0 unspecified atom stereocenters. The number of halogens is 4. The van der Waals surface area contributed by atoms with Crippen LogP contribution in [0.3, 0.4) is 0 Å². The number of benzene rings is 2. The average Bonchev–Trinajstić information content (AvgIpc) is 2.98. The molecule has 0 aliphatic carbocycles. The monoisotopic (exact) mass is 440 g/mol. The highest BCUT2D eigenvalue weighted by Gasteiger charge is 2.13. The van der Waals surface area contributed by atoms with Crippen molar-refractivity contribution in [3.05, 3.63) is 70.6 Å². The van der Waals surface area contributed by atoms with Crippen LogP contribution in [0.5, 0.6) is 5.75 Å². The zero-order valence-corrected chi connectivity index (χ0v) is 16.7. The number of anilines is 2. The molecule has 2 aromatic carbocycles. The number of rotatable bonds is 6. The molecule has 29 heavy (non-hydrogen) atoms. The van der Waals surface area contributed by atoms with Crippen LogP contribution in [-0.2, 0) is 6.54 Å². The van der Waals surface area contributed by atoms with Crippen LogP contribution in [-0.4, -0.2) is 21.5 Å². The minimum absolute atomic E-state index is 0.0392. The molecule has 0 spiro atoms. The quantitative estimate of drug-likeness (QED) is 0.500. The Balaban J connectivity index is 1.69. The molecule has 152 valence electrons. The third-order valence-corrected chi connectivity index (χ3v) is 4.29. The van der Waals surface area contributed by atoms with Gasteiger partial charge in [0.1, 0.15) is 16.6 Å². The molecular weight excluding hydrogens is 425 g/mol. The van der Waals surface area contributed by atoms with Crippen LogP contribution in [0.2, 0.25) is 5.02 Å². The van der Waals surface area contributed by atoms with E-state index in [1.54, 1.807) is 35.1 Å². The third-order valence-electron chi connectivity index (χ3n) is 3.81. The fourth-order valence-corrected chi connectivity index (χ4v) is 2.95. The Labute approximate surface area is 175 Å². The molecule has 0 saturated carbocycles. The van der Waals surface area contributed by atoms with Crippen LogP contribution in [0.25, 0.3) is 0 Å². The summed E-state index contributed by atoms with van der Waals surface area (Å²) in [7, 11) is 0. The van der Waals surface area contributed by atoms with Crippen molar-refractivity contribution in [2.24, 2.45) is 0 Å². The number of nitrogens with zero attached hydrogens (tertiary/aromatic N) is 2.